The number of para-hydroxylation sites is 2. The van der Waals surface area contributed by atoms with Crippen LogP contribution in [-0.4, -0.2) is 28.7 Å². The summed E-state index contributed by atoms with van der Waals surface area (Å²) < 4.78 is 13.6. The van der Waals surface area contributed by atoms with Gasteiger partial charge in [0.1, 0.15) is 17.3 Å². The van der Waals surface area contributed by atoms with Crippen LogP contribution < -0.4 is 14.8 Å². The number of ether oxygens (including phenoxy) is 2. The number of aromatic nitrogens is 2. The molecule has 36 heavy (non-hydrogen) atoms. The van der Waals surface area contributed by atoms with Gasteiger partial charge in [0.15, 0.2) is 6.61 Å². The van der Waals surface area contributed by atoms with Crippen molar-refractivity contribution in [2.24, 2.45) is 0 Å². The average Bonchev–Trinajstić information content (AvgIpc) is 3.22. The summed E-state index contributed by atoms with van der Waals surface area (Å²) in [5.41, 5.74) is 3.34. The number of fused-ring (bicyclic) bond motifs is 1. The van der Waals surface area contributed by atoms with Gasteiger partial charge < -0.3 is 19.4 Å². The Balaban J connectivity index is 1.32. The summed E-state index contributed by atoms with van der Waals surface area (Å²) in [5.74, 6) is 2.04. The fraction of sp³-hybridized carbons (Fsp3) is 0.310. The van der Waals surface area contributed by atoms with Gasteiger partial charge in [-0.3, -0.25) is 4.79 Å². The standard InChI is InChI=1S/C29H32ClN3O3/c1-29(2,3)21-9-13-23(14-10-21)35-18-6-17-33-26-8-5-4-7-25(26)32-27(33)19-31-28(34)20-36-24-15-11-22(30)12-16-24/h4-5,7-16H,6,17-20H2,1-3H3,(H,31,34). The fourth-order valence-corrected chi connectivity index (χ4v) is 4.01. The number of hydrogen-bond donors (Lipinski definition) is 1. The molecule has 0 saturated carbocycles. The normalized spacial score (nSPS) is 11.4. The molecule has 1 amide bonds. The maximum atomic E-state index is 12.4. The molecule has 0 fully saturated rings. The monoisotopic (exact) mass is 505 g/mol. The number of carbonyl (C=O) groups is 1. The van der Waals surface area contributed by atoms with Crippen molar-refractivity contribution in [3.05, 3.63) is 89.2 Å². The number of nitrogens with zero attached hydrogens (tertiary/aromatic N) is 2. The third-order valence-electron chi connectivity index (χ3n) is 5.88. The molecule has 0 saturated heterocycles. The van der Waals surface area contributed by atoms with E-state index in [1.165, 1.54) is 5.56 Å². The molecule has 0 aliphatic rings. The van der Waals surface area contributed by atoms with E-state index in [9.17, 15) is 4.79 Å². The molecular weight excluding hydrogens is 474 g/mol. The smallest absolute Gasteiger partial charge is 0.258 e. The third-order valence-corrected chi connectivity index (χ3v) is 6.13. The molecule has 0 bridgehead atoms. The van der Waals surface area contributed by atoms with Crippen molar-refractivity contribution in [3.8, 4) is 11.5 Å². The SMILES string of the molecule is CC(C)(C)c1ccc(OCCCn2c(CNC(=O)COc3ccc(Cl)cc3)nc3ccccc32)cc1. The zero-order valence-electron chi connectivity index (χ0n) is 21.0. The van der Waals surface area contributed by atoms with E-state index < -0.39 is 0 Å². The van der Waals surface area contributed by atoms with Crippen LogP contribution in [0.3, 0.4) is 0 Å². The highest BCUT2D eigenvalue weighted by atomic mass is 35.5. The van der Waals surface area contributed by atoms with E-state index in [0.717, 1.165) is 35.6 Å². The van der Waals surface area contributed by atoms with Crippen molar-refractivity contribution >= 4 is 28.5 Å². The lowest BCUT2D eigenvalue weighted by Crippen LogP contribution is -2.29. The van der Waals surface area contributed by atoms with E-state index >= 15 is 0 Å². The maximum absolute atomic E-state index is 12.4. The van der Waals surface area contributed by atoms with E-state index in [1.807, 2.05) is 36.4 Å². The first-order valence-corrected chi connectivity index (χ1v) is 12.5. The molecule has 1 N–H and O–H groups in total. The largest absolute Gasteiger partial charge is 0.494 e. The summed E-state index contributed by atoms with van der Waals surface area (Å²) in [6.07, 6.45) is 0.808. The van der Waals surface area contributed by atoms with Crippen molar-refractivity contribution < 1.29 is 14.3 Å². The van der Waals surface area contributed by atoms with Crippen molar-refractivity contribution in [1.82, 2.24) is 14.9 Å². The highest BCUT2D eigenvalue weighted by Gasteiger charge is 2.14. The summed E-state index contributed by atoms with van der Waals surface area (Å²) in [5, 5.41) is 3.53. The van der Waals surface area contributed by atoms with E-state index in [0.29, 0.717) is 23.9 Å². The number of nitrogens with one attached hydrogen (secondary N) is 1. The van der Waals surface area contributed by atoms with Gasteiger partial charge in [-0.15, -0.1) is 0 Å². The highest BCUT2D eigenvalue weighted by molar-refractivity contribution is 6.30. The first kappa shape index (κ1) is 25.6. The lowest BCUT2D eigenvalue weighted by molar-refractivity contribution is -0.123. The lowest BCUT2D eigenvalue weighted by Gasteiger charge is -2.19. The van der Waals surface area contributed by atoms with Crippen molar-refractivity contribution in [3.63, 3.8) is 0 Å². The minimum Gasteiger partial charge on any atom is -0.494 e. The summed E-state index contributed by atoms with van der Waals surface area (Å²) >= 11 is 5.89. The molecule has 0 spiro atoms. The topological polar surface area (TPSA) is 65.4 Å². The van der Waals surface area contributed by atoms with Crippen molar-refractivity contribution in [1.29, 1.82) is 0 Å². The van der Waals surface area contributed by atoms with Crippen LogP contribution >= 0.6 is 11.6 Å². The number of halogens is 1. The minimum atomic E-state index is -0.217. The van der Waals surface area contributed by atoms with Crippen LogP contribution in [0.4, 0.5) is 0 Å². The second-order valence-electron chi connectivity index (χ2n) is 9.66. The Hall–Kier alpha value is -3.51. The number of carbonyl (C=O) groups excluding carboxylic acids is 1. The lowest BCUT2D eigenvalue weighted by atomic mass is 9.87. The highest BCUT2D eigenvalue weighted by Crippen LogP contribution is 2.24. The Morgan fingerprint density at radius 3 is 2.33 bits per heavy atom. The number of amides is 1. The van der Waals surface area contributed by atoms with Gasteiger partial charge in [0.25, 0.3) is 5.91 Å². The molecule has 1 aromatic heterocycles. The molecule has 7 heteroatoms. The Labute approximate surface area is 217 Å². The van der Waals surface area contributed by atoms with Gasteiger partial charge in [-0.2, -0.15) is 0 Å². The zero-order valence-corrected chi connectivity index (χ0v) is 21.7. The van der Waals surface area contributed by atoms with Gasteiger partial charge in [-0.25, -0.2) is 4.98 Å². The van der Waals surface area contributed by atoms with Gasteiger partial charge >= 0.3 is 0 Å². The summed E-state index contributed by atoms with van der Waals surface area (Å²) in [4.78, 5) is 17.1. The molecule has 0 radical (unpaired) electrons. The first-order valence-electron chi connectivity index (χ1n) is 12.1. The minimum absolute atomic E-state index is 0.0797. The maximum Gasteiger partial charge on any atom is 0.258 e. The fourth-order valence-electron chi connectivity index (χ4n) is 3.88. The summed E-state index contributed by atoms with van der Waals surface area (Å²) in [6.45, 7) is 8.15. The van der Waals surface area contributed by atoms with Crippen LogP contribution in [-0.2, 0) is 23.3 Å². The summed E-state index contributed by atoms with van der Waals surface area (Å²) in [6, 6.07) is 23.2. The molecule has 1 heterocycles. The molecule has 0 aliphatic carbocycles. The first-order chi connectivity index (χ1) is 17.3. The van der Waals surface area contributed by atoms with Gasteiger partial charge in [0.2, 0.25) is 0 Å². The average molecular weight is 506 g/mol. The second kappa shape index (κ2) is 11.5. The van der Waals surface area contributed by atoms with E-state index in [1.54, 1.807) is 24.3 Å². The molecule has 0 aliphatic heterocycles. The number of hydrogen-bond acceptors (Lipinski definition) is 4. The van der Waals surface area contributed by atoms with Crippen LogP contribution in [0, 0.1) is 0 Å². The second-order valence-corrected chi connectivity index (χ2v) is 10.1. The van der Waals surface area contributed by atoms with Crippen LogP contribution in [0.5, 0.6) is 11.5 Å². The van der Waals surface area contributed by atoms with Crippen LogP contribution in [0.1, 0.15) is 38.6 Å². The Kier molecular flexibility index (Phi) is 8.16. The third kappa shape index (κ3) is 6.79. The predicted octanol–water partition coefficient (Wildman–Crippen LogP) is 6.15. The molecule has 3 aromatic carbocycles. The number of benzene rings is 3. The van der Waals surface area contributed by atoms with Gasteiger partial charge in [-0.1, -0.05) is 56.6 Å². The molecule has 6 nitrogen and oxygen atoms in total. The van der Waals surface area contributed by atoms with Gasteiger partial charge in [0, 0.05) is 11.6 Å². The molecule has 4 rings (SSSR count). The van der Waals surface area contributed by atoms with E-state index in [2.05, 4.69) is 42.8 Å². The quantitative estimate of drug-likeness (QED) is 0.262. The van der Waals surface area contributed by atoms with Crippen molar-refractivity contribution in [2.75, 3.05) is 13.2 Å². The number of rotatable bonds is 10. The Morgan fingerprint density at radius 2 is 1.61 bits per heavy atom. The summed E-state index contributed by atoms with van der Waals surface area (Å²) in [7, 11) is 0. The van der Waals surface area contributed by atoms with E-state index in [4.69, 9.17) is 26.1 Å². The molecular formula is C29H32ClN3O3. The van der Waals surface area contributed by atoms with Gasteiger partial charge in [-0.05, 0) is 65.9 Å². The van der Waals surface area contributed by atoms with Gasteiger partial charge in [0.05, 0.1) is 24.2 Å². The van der Waals surface area contributed by atoms with Crippen molar-refractivity contribution in [2.45, 2.75) is 45.7 Å². The number of aryl methyl sites for hydroxylation is 1. The zero-order chi connectivity index (χ0) is 25.5. The molecule has 0 atom stereocenters. The van der Waals surface area contributed by atoms with Crippen LogP contribution in [0.25, 0.3) is 11.0 Å². The Morgan fingerprint density at radius 1 is 0.944 bits per heavy atom. The van der Waals surface area contributed by atoms with Crippen LogP contribution in [0.2, 0.25) is 5.02 Å². The van der Waals surface area contributed by atoms with Crippen LogP contribution in [0.15, 0.2) is 72.8 Å². The number of imidazole rings is 1. The predicted molar refractivity (Wildman–Crippen MR) is 144 cm³/mol. The molecule has 0 unspecified atom stereocenters. The van der Waals surface area contributed by atoms with E-state index in [-0.39, 0.29) is 17.9 Å². The Bertz CT molecular complexity index is 1290. The molecule has 188 valence electrons. The molecule has 4 aromatic rings.